The lowest BCUT2D eigenvalue weighted by atomic mass is 10.2. The fourth-order valence-corrected chi connectivity index (χ4v) is 3.15. The second-order valence-corrected chi connectivity index (χ2v) is 6.42. The Hall–Kier alpha value is -2.18. The number of halogens is 1. The predicted molar refractivity (Wildman–Crippen MR) is 91.7 cm³/mol. The van der Waals surface area contributed by atoms with Crippen molar-refractivity contribution in [3.63, 3.8) is 0 Å². The quantitative estimate of drug-likeness (QED) is 0.787. The smallest absolute Gasteiger partial charge is 0.269 e. The molecule has 2 aromatic heterocycles. The molecule has 0 bridgehead atoms. The van der Waals surface area contributed by atoms with Gasteiger partial charge in [-0.3, -0.25) is 9.48 Å². The largest absolute Gasteiger partial charge is 0.345 e. The number of amides is 1. The molecule has 3 rings (SSSR count). The number of hydrogen-bond donors (Lipinski definition) is 1. The van der Waals surface area contributed by atoms with E-state index in [-0.39, 0.29) is 5.91 Å². The first-order chi connectivity index (χ1) is 11.0. The standard InChI is InChI=1S/C16H15ClN4OS/c1-10-7-14(21(2)20-10)15(22)18-8-13-9-23-16(19-13)11-3-5-12(17)6-4-11/h3-7,9H,8H2,1-2H3,(H,18,22). The van der Waals surface area contributed by atoms with Gasteiger partial charge in [-0.1, -0.05) is 23.7 Å². The first-order valence-electron chi connectivity index (χ1n) is 7.02. The fraction of sp³-hybridized carbons (Fsp3) is 0.188. The third kappa shape index (κ3) is 3.60. The van der Waals surface area contributed by atoms with Crippen molar-refractivity contribution < 1.29 is 4.79 Å². The zero-order chi connectivity index (χ0) is 16.4. The van der Waals surface area contributed by atoms with Gasteiger partial charge in [-0.2, -0.15) is 5.10 Å². The lowest BCUT2D eigenvalue weighted by Gasteiger charge is -2.03. The molecule has 7 heteroatoms. The van der Waals surface area contributed by atoms with Gasteiger partial charge in [0.25, 0.3) is 5.91 Å². The van der Waals surface area contributed by atoms with Gasteiger partial charge in [-0.25, -0.2) is 4.98 Å². The first-order valence-corrected chi connectivity index (χ1v) is 8.28. The Balaban J connectivity index is 1.66. The molecule has 1 amide bonds. The summed E-state index contributed by atoms with van der Waals surface area (Å²) < 4.78 is 1.57. The van der Waals surface area contributed by atoms with Gasteiger partial charge in [0.2, 0.25) is 0 Å². The first kappa shape index (κ1) is 15.7. The number of thiazole rings is 1. The van der Waals surface area contributed by atoms with Crippen molar-refractivity contribution in [2.45, 2.75) is 13.5 Å². The molecule has 0 saturated heterocycles. The summed E-state index contributed by atoms with van der Waals surface area (Å²) in [7, 11) is 1.75. The Bertz CT molecular complexity index is 838. The van der Waals surface area contributed by atoms with Gasteiger partial charge in [0.05, 0.1) is 17.9 Å². The average molecular weight is 347 g/mol. The summed E-state index contributed by atoms with van der Waals surface area (Å²) in [5, 5.41) is 10.6. The minimum atomic E-state index is -0.158. The second-order valence-electron chi connectivity index (χ2n) is 5.13. The maximum atomic E-state index is 12.2. The SMILES string of the molecule is Cc1cc(C(=O)NCc2csc(-c3ccc(Cl)cc3)n2)n(C)n1. The predicted octanol–water partition coefficient (Wildman–Crippen LogP) is 3.44. The zero-order valence-corrected chi connectivity index (χ0v) is 14.3. The number of rotatable bonds is 4. The highest BCUT2D eigenvalue weighted by Crippen LogP contribution is 2.25. The van der Waals surface area contributed by atoms with Gasteiger partial charge in [0.15, 0.2) is 0 Å². The minimum absolute atomic E-state index is 0.158. The number of benzene rings is 1. The number of carbonyl (C=O) groups is 1. The lowest BCUT2D eigenvalue weighted by molar-refractivity contribution is 0.0941. The van der Waals surface area contributed by atoms with Crippen LogP contribution in [0.4, 0.5) is 0 Å². The highest BCUT2D eigenvalue weighted by Gasteiger charge is 2.12. The molecule has 2 heterocycles. The van der Waals surface area contributed by atoms with Crippen LogP contribution < -0.4 is 5.32 Å². The van der Waals surface area contributed by atoms with Gasteiger partial charge in [-0.05, 0) is 25.1 Å². The summed E-state index contributed by atoms with van der Waals surface area (Å²) in [6, 6.07) is 9.30. The van der Waals surface area contributed by atoms with Gasteiger partial charge in [-0.15, -0.1) is 11.3 Å². The Morgan fingerprint density at radius 1 is 1.35 bits per heavy atom. The molecular weight excluding hydrogens is 332 g/mol. The maximum Gasteiger partial charge on any atom is 0.269 e. The summed E-state index contributed by atoms with van der Waals surface area (Å²) in [6.45, 7) is 2.24. The number of carbonyl (C=O) groups excluding carboxylic acids is 1. The maximum absolute atomic E-state index is 12.2. The Kier molecular flexibility index (Phi) is 4.45. The summed E-state index contributed by atoms with van der Waals surface area (Å²) in [4.78, 5) is 16.7. The molecule has 0 aliphatic rings. The van der Waals surface area contributed by atoms with Crippen molar-refractivity contribution >= 4 is 28.8 Å². The monoisotopic (exact) mass is 346 g/mol. The third-order valence-electron chi connectivity index (χ3n) is 3.31. The van der Waals surface area contributed by atoms with E-state index in [4.69, 9.17) is 11.6 Å². The molecule has 23 heavy (non-hydrogen) atoms. The third-order valence-corrected chi connectivity index (χ3v) is 4.50. The average Bonchev–Trinajstić information content (AvgIpc) is 3.12. The minimum Gasteiger partial charge on any atom is -0.345 e. The van der Waals surface area contributed by atoms with Crippen LogP contribution in [0.2, 0.25) is 5.02 Å². The van der Waals surface area contributed by atoms with E-state index in [1.165, 1.54) is 0 Å². The number of aryl methyl sites for hydroxylation is 2. The van der Waals surface area contributed by atoms with Crippen LogP contribution in [-0.4, -0.2) is 20.7 Å². The van der Waals surface area contributed by atoms with Crippen LogP contribution in [0, 0.1) is 6.92 Å². The van der Waals surface area contributed by atoms with E-state index in [1.54, 1.807) is 29.1 Å². The topological polar surface area (TPSA) is 59.8 Å². The summed E-state index contributed by atoms with van der Waals surface area (Å²) >= 11 is 7.43. The van der Waals surface area contributed by atoms with Crippen molar-refractivity contribution in [3.05, 3.63) is 57.8 Å². The molecule has 0 unspecified atom stereocenters. The summed E-state index contributed by atoms with van der Waals surface area (Å²) in [6.07, 6.45) is 0. The Labute approximate surface area is 142 Å². The summed E-state index contributed by atoms with van der Waals surface area (Å²) in [5.74, 6) is -0.158. The van der Waals surface area contributed by atoms with Gasteiger partial charge in [0.1, 0.15) is 10.7 Å². The van der Waals surface area contributed by atoms with E-state index >= 15 is 0 Å². The van der Waals surface area contributed by atoms with Crippen molar-refractivity contribution in [1.82, 2.24) is 20.1 Å². The summed E-state index contributed by atoms with van der Waals surface area (Å²) in [5.41, 5.74) is 3.19. The van der Waals surface area contributed by atoms with Crippen LogP contribution >= 0.6 is 22.9 Å². The molecule has 0 radical (unpaired) electrons. The Morgan fingerprint density at radius 3 is 2.74 bits per heavy atom. The van der Waals surface area contributed by atoms with Crippen LogP contribution in [0.3, 0.4) is 0 Å². The lowest BCUT2D eigenvalue weighted by Crippen LogP contribution is -2.25. The van der Waals surface area contributed by atoms with Crippen molar-refractivity contribution in [2.75, 3.05) is 0 Å². The molecule has 0 saturated carbocycles. The second kappa shape index (κ2) is 6.52. The van der Waals surface area contributed by atoms with Crippen molar-refractivity contribution in [1.29, 1.82) is 0 Å². The highest BCUT2D eigenvalue weighted by molar-refractivity contribution is 7.13. The van der Waals surface area contributed by atoms with Crippen molar-refractivity contribution in [2.24, 2.45) is 7.05 Å². The van der Waals surface area contributed by atoms with Gasteiger partial charge in [0, 0.05) is 23.0 Å². The molecule has 1 aromatic carbocycles. The molecule has 0 aliphatic carbocycles. The van der Waals surface area contributed by atoms with E-state index < -0.39 is 0 Å². The van der Waals surface area contributed by atoms with E-state index in [0.29, 0.717) is 17.3 Å². The van der Waals surface area contributed by atoms with Crippen LogP contribution in [0.1, 0.15) is 21.9 Å². The molecule has 0 atom stereocenters. The highest BCUT2D eigenvalue weighted by atomic mass is 35.5. The molecule has 3 aromatic rings. The van der Waals surface area contributed by atoms with Crippen LogP contribution in [0.5, 0.6) is 0 Å². The van der Waals surface area contributed by atoms with E-state index in [1.807, 2.05) is 36.6 Å². The van der Waals surface area contributed by atoms with Crippen LogP contribution in [0.15, 0.2) is 35.7 Å². The zero-order valence-electron chi connectivity index (χ0n) is 12.7. The normalized spacial score (nSPS) is 10.7. The molecule has 0 aliphatic heterocycles. The van der Waals surface area contributed by atoms with Crippen LogP contribution in [-0.2, 0) is 13.6 Å². The molecule has 1 N–H and O–H groups in total. The Morgan fingerprint density at radius 2 is 2.09 bits per heavy atom. The van der Waals surface area contributed by atoms with Gasteiger partial charge >= 0.3 is 0 Å². The van der Waals surface area contributed by atoms with Crippen LogP contribution in [0.25, 0.3) is 10.6 Å². The molecule has 5 nitrogen and oxygen atoms in total. The molecule has 0 fully saturated rings. The van der Waals surface area contributed by atoms with E-state index in [2.05, 4.69) is 15.4 Å². The molecule has 118 valence electrons. The van der Waals surface area contributed by atoms with Crippen molar-refractivity contribution in [3.8, 4) is 10.6 Å². The molecular formula is C16H15ClN4OS. The number of aromatic nitrogens is 3. The number of nitrogens with zero attached hydrogens (tertiary/aromatic N) is 3. The van der Waals surface area contributed by atoms with Gasteiger partial charge < -0.3 is 5.32 Å². The van der Waals surface area contributed by atoms with E-state index in [9.17, 15) is 4.79 Å². The van der Waals surface area contributed by atoms with E-state index in [0.717, 1.165) is 22.0 Å². The fourth-order valence-electron chi connectivity index (χ4n) is 2.20. The molecule has 0 spiro atoms. The number of hydrogen-bond acceptors (Lipinski definition) is 4. The number of nitrogens with one attached hydrogen (secondary N) is 1.